The zero-order chi connectivity index (χ0) is 17.2. The van der Waals surface area contributed by atoms with E-state index >= 15 is 0 Å². The molecule has 0 spiro atoms. The van der Waals surface area contributed by atoms with Crippen molar-refractivity contribution >= 4 is 28.9 Å². The fraction of sp³-hybridized carbons (Fsp3) is 0.214. The van der Waals surface area contributed by atoms with Crippen LogP contribution in [0.2, 0.25) is 5.02 Å². The van der Waals surface area contributed by atoms with E-state index in [4.69, 9.17) is 11.6 Å². The van der Waals surface area contributed by atoms with Crippen molar-refractivity contribution in [2.24, 2.45) is 0 Å². The Morgan fingerprint density at radius 3 is 2.43 bits per heavy atom. The van der Waals surface area contributed by atoms with Gasteiger partial charge in [0.1, 0.15) is 5.69 Å². The van der Waals surface area contributed by atoms with Crippen molar-refractivity contribution < 1.29 is 18.0 Å². The zero-order valence-electron chi connectivity index (χ0n) is 12.1. The van der Waals surface area contributed by atoms with Crippen molar-refractivity contribution in [2.75, 3.05) is 17.7 Å². The van der Waals surface area contributed by atoms with Crippen molar-refractivity contribution in [3.8, 4) is 0 Å². The van der Waals surface area contributed by atoms with Crippen LogP contribution < -0.4 is 10.6 Å². The number of nitrogens with zero attached hydrogens (tertiary/aromatic N) is 2. The summed E-state index contributed by atoms with van der Waals surface area (Å²) in [6.45, 7) is 1.73. The van der Waals surface area contributed by atoms with Crippen molar-refractivity contribution in [2.45, 2.75) is 13.1 Å². The third-order valence-electron chi connectivity index (χ3n) is 2.94. The van der Waals surface area contributed by atoms with Crippen LogP contribution >= 0.6 is 11.6 Å². The van der Waals surface area contributed by atoms with Gasteiger partial charge in [0.25, 0.3) is 5.91 Å². The number of carbonyl (C=O) groups is 1. The van der Waals surface area contributed by atoms with Gasteiger partial charge in [-0.05, 0) is 19.1 Å². The second-order valence-corrected chi connectivity index (χ2v) is 5.03. The minimum absolute atomic E-state index is 0.295. The molecule has 9 heteroatoms. The average Bonchev–Trinajstić information content (AvgIpc) is 2.46. The van der Waals surface area contributed by atoms with E-state index in [0.29, 0.717) is 29.3 Å². The molecule has 0 atom stereocenters. The molecular weight excluding hydrogens is 333 g/mol. The van der Waals surface area contributed by atoms with Gasteiger partial charge in [-0.1, -0.05) is 11.6 Å². The summed E-state index contributed by atoms with van der Waals surface area (Å²) in [6, 6.07) is 2.28. The van der Waals surface area contributed by atoms with Crippen LogP contribution in [0, 0.1) is 6.92 Å². The third kappa shape index (κ3) is 3.89. The molecule has 0 unspecified atom stereocenters. The minimum atomic E-state index is -4.58. The van der Waals surface area contributed by atoms with Gasteiger partial charge < -0.3 is 10.6 Å². The van der Waals surface area contributed by atoms with Crippen LogP contribution in [-0.2, 0) is 6.18 Å². The number of halogens is 4. The maximum atomic E-state index is 12.6. The van der Waals surface area contributed by atoms with Gasteiger partial charge in [0.05, 0.1) is 28.2 Å². The first-order valence-electron chi connectivity index (χ1n) is 6.41. The Morgan fingerprint density at radius 2 is 1.87 bits per heavy atom. The van der Waals surface area contributed by atoms with Crippen LogP contribution in [0.4, 0.5) is 24.5 Å². The number of hydrogen-bond donors (Lipinski definition) is 2. The molecule has 0 fully saturated rings. The molecule has 2 N–H and O–H groups in total. The lowest BCUT2D eigenvalue weighted by atomic mass is 10.2. The number of alkyl halides is 3. The topological polar surface area (TPSA) is 66.9 Å². The first-order chi connectivity index (χ1) is 10.7. The van der Waals surface area contributed by atoms with Crippen LogP contribution in [-0.4, -0.2) is 22.9 Å². The molecule has 122 valence electrons. The van der Waals surface area contributed by atoms with E-state index in [2.05, 4.69) is 20.6 Å². The summed E-state index contributed by atoms with van der Waals surface area (Å²) < 4.78 is 37.7. The molecule has 2 rings (SSSR count). The zero-order valence-corrected chi connectivity index (χ0v) is 12.9. The molecule has 5 nitrogen and oxygen atoms in total. The number of nitrogens with one attached hydrogen (secondary N) is 2. The normalized spacial score (nSPS) is 11.2. The smallest absolute Gasteiger partial charge is 0.385 e. The lowest BCUT2D eigenvalue weighted by Crippen LogP contribution is -2.17. The monoisotopic (exact) mass is 344 g/mol. The van der Waals surface area contributed by atoms with E-state index in [1.807, 2.05) is 0 Å². The summed E-state index contributed by atoms with van der Waals surface area (Å²) in [5, 5.41) is 5.01. The summed E-state index contributed by atoms with van der Waals surface area (Å²) in [6.07, 6.45) is -2.49. The van der Waals surface area contributed by atoms with Crippen LogP contribution in [0.25, 0.3) is 0 Å². The van der Waals surface area contributed by atoms with E-state index in [1.165, 1.54) is 6.20 Å². The average molecular weight is 345 g/mol. The molecule has 23 heavy (non-hydrogen) atoms. The highest BCUT2D eigenvalue weighted by molar-refractivity contribution is 6.34. The van der Waals surface area contributed by atoms with Crippen molar-refractivity contribution in [3.05, 3.63) is 46.5 Å². The number of amides is 1. The summed E-state index contributed by atoms with van der Waals surface area (Å²) in [5.41, 5.74) is 0.312. The molecule has 0 bridgehead atoms. The number of aromatic nitrogens is 2. The first-order valence-corrected chi connectivity index (χ1v) is 6.78. The highest BCUT2D eigenvalue weighted by Crippen LogP contribution is 2.31. The lowest BCUT2D eigenvalue weighted by molar-refractivity contribution is -0.137. The Bertz CT molecular complexity index is 749. The molecule has 0 aliphatic rings. The highest BCUT2D eigenvalue weighted by atomic mass is 35.5. The summed E-state index contributed by atoms with van der Waals surface area (Å²) in [4.78, 5) is 19.8. The molecule has 0 aliphatic carbocycles. The number of pyridine rings is 2. The van der Waals surface area contributed by atoms with Gasteiger partial charge in [-0.15, -0.1) is 0 Å². The van der Waals surface area contributed by atoms with Gasteiger partial charge in [0.2, 0.25) is 0 Å². The van der Waals surface area contributed by atoms with Gasteiger partial charge >= 0.3 is 6.18 Å². The number of aryl methyl sites for hydroxylation is 1. The van der Waals surface area contributed by atoms with E-state index in [0.717, 1.165) is 0 Å². The molecule has 0 radical (unpaired) electrons. The van der Waals surface area contributed by atoms with Crippen LogP contribution in [0.5, 0.6) is 0 Å². The number of carbonyl (C=O) groups excluding carboxylic acids is 1. The van der Waals surface area contributed by atoms with Crippen molar-refractivity contribution in [3.63, 3.8) is 0 Å². The van der Waals surface area contributed by atoms with E-state index < -0.39 is 17.6 Å². The highest BCUT2D eigenvalue weighted by Gasteiger charge is 2.32. The summed E-state index contributed by atoms with van der Waals surface area (Å²) in [7, 11) is 1.64. The second kappa shape index (κ2) is 6.41. The predicted octanol–water partition coefficient (Wildman–Crippen LogP) is 3.75. The van der Waals surface area contributed by atoms with Crippen LogP contribution in [0.15, 0.2) is 24.5 Å². The van der Waals surface area contributed by atoms with Gasteiger partial charge in [-0.3, -0.25) is 9.78 Å². The number of rotatable bonds is 3. The summed E-state index contributed by atoms with van der Waals surface area (Å²) in [5.74, 6) is -0.717. The fourth-order valence-corrected chi connectivity index (χ4v) is 2.06. The Hall–Kier alpha value is -2.35. The lowest BCUT2D eigenvalue weighted by Gasteiger charge is -2.12. The third-order valence-corrected chi connectivity index (χ3v) is 3.23. The largest absolute Gasteiger partial charge is 0.417 e. The Balaban J connectivity index is 2.30. The molecule has 0 saturated heterocycles. The molecule has 1 amide bonds. The molecule has 0 aliphatic heterocycles. The molecule has 2 aromatic heterocycles. The Morgan fingerprint density at radius 1 is 1.17 bits per heavy atom. The maximum Gasteiger partial charge on any atom is 0.417 e. The Labute approximate surface area is 134 Å². The number of hydrogen-bond acceptors (Lipinski definition) is 4. The van der Waals surface area contributed by atoms with Gasteiger partial charge in [-0.2, -0.15) is 13.2 Å². The maximum absolute atomic E-state index is 12.6. The second-order valence-electron chi connectivity index (χ2n) is 4.63. The van der Waals surface area contributed by atoms with Crippen LogP contribution in [0.3, 0.4) is 0 Å². The van der Waals surface area contributed by atoms with Crippen LogP contribution in [0.1, 0.15) is 21.7 Å². The molecule has 2 heterocycles. The predicted molar refractivity (Wildman–Crippen MR) is 80.7 cm³/mol. The number of anilines is 2. The molecule has 2 aromatic rings. The minimum Gasteiger partial charge on any atom is -0.385 e. The van der Waals surface area contributed by atoms with E-state index in [9.17, 15) is 18.0 Å². The quantitative estimate of drug-likeness (QED) is 0.890. The molecule has 0 aromatic carbocycles. The fourth-order valence-electron chi connectivity index (χ4n) is 1.80. The van der Waals surface area contributed by atoms with Gasteiger partial charge in [0, 0.05) is 18.9 Å². The first kappa shape index (κ1) is 17.0. The van der Waals surface area contributed by atoms with Gasteiger partial charge in [-0.25, -0.2) is 4.98 Å². The van der Waals surface area contributed by atoms with Crippen molar-refractivity contribution in [1.82, 2.24) is 9.97 Å². The Kier molecular flexibility index (Phi) is 4.74. The van der Waals surface area contributed by atoms with Gasteiger partial charge in [0.15, 0.2) is 0 Å². The van der Waals surface area contributed by atoms with Crippen molar-refractivity contribution in [1.29, 1.82) is 0 Å². The standard InChI is InChI=1S/C14H12ClF3N4O/c1-7-3-10(11(19-2)6-20-7)22-13(23)12-9(15)4-8(5-21-12)14(16,17)18/h3-6,19H,1-2H3,(H,20,22,23). The van der Waals surface area contributed by atoms with E-state index in [1.54, 1.807) is 20.0 Å². The van der Waals surface area contributed by atoms with E-state index in [-0.39, 0.29) is 10.7 Å². The SMILES string of the molecule is CNc1cnc(C)cc1NC(=O)c1ncc(C(F)(F)F)cc1Cl. The molecule has 0 saturated carbocycles. The summed E-state index contributed by atoms with van der Waals surface area (Å²) >= 11 is 5.75. The molecular formula is C14H12ClF3N4O.